The molecule has 0 fully saturated rings. The summed E-state index contributed by atoms with van der Waals surface area (Å²) in [6, 6.07) is 0. The van der Waals surface area contributed by atoms with Gasteiger partial charge in [-0.15, -0.1) is 4.79 Å². The molecule has 0 aliphatic carbocycles. The second kappa shape index (κ2) is 5.08. The van der Waals surface area contributed by atoms with Crippen LogP contribution in [0, 0.1) is 0 Å². The number of nitrogens with zero attached hydrogens (tertiary/aromatic N) is 2. The van der Waals surface area contributed by atoms with Crippen LogP contribution in [0.3, 0.4) is 0 Å². The highest BCUT2D eigenvalue weighted by Crippen LogP contribution is 2.46. The van der Waals surface area contributed by atoms with Crippen LogP contribution < -0.4 is 0 Å². The predicted molar refractivity (Wildman–Crippen MR) is 40.5 cm³/mol. The normalized spacial score (nSPS) is 14.7. The first kappa shape index (κ1) is 10.4. The molecule has 0 aromatic rings. The monoisotopic (exact) mass is 178 g/mol. The molecule has 0 aliphatic heterocycles. The first-order valence-corrected chi connectivity index (χ1v) is 4.99. The van der Waals surface area contributed by atoms with E-state index in [2.05, 4.69) is 9.31 Å². The van der Waals surface area contributed by atoms with E-state index >= 15 is 0 Å². The van der Waals surface area contributed by atoms with Crippen molar-refractivity contribution in [3.8, 4) is 0 Å². The van der Waals surface area contributed by atoms with Crippen LogP contribution in [0.4, 0.5) is 0 Å². The summed E-state index contributed by atoms with van der Waals surface area (Å²) in [6.07, 6.45) is 0.965. The SMILES string of the molecule is CCOP(=O)(CC)OC=[N+]=[N-]. The van der Waals surface area contributed by atoms with Crippen LogP contribution in [0.25, 0.3) is 5.53 Å². The Balaban J connectivity index is 4.09. The van der Waals surface area contributed by atoms with Crippen molar-refractivity contribution in [3.63, 3.8) is 0 Å². The smallest absolute Gasteiger partial charge is 0.363 e. The summed E-state index contributed by atoms with van der Waals surface area (Å²) in [7, 11) is -3.03. The molecule has 1 atom stereocenters. The maximum Gasteiger partial charge on any atom is 0.444 e. The van der Waals surface area contributed by atoms with Crippen molar-refractivity contribution in [1.29, 1.82) is 0 Å². The molecule has 0 saturated heterocycles. The van der Waals surface area contributed by atoms with Crippen molar-refractivity contribution < 1.29 is 18.4 Å². The Morgan fingerprint density at radius 3 is 2.64 bits per heavy atom. The Labute approximate surface area is 65.5 Å². The minimum atomic E-state index is -3.03. The van der Waals surface area contributed by atoms with E-state index in [1.54, 1.807) is 13.8 Å². The van der Waals surface area contributed by atoms with Crippen molar-refractivity contribution in [1.82, 2.24) is 0 Å². The number of rotatable bonds is 5. The van der Waals surface area contributed by atoms with E-state index in [1.165, 1.54) is 0 Å². The maximum absolute atomic E-state index is 11.3. The third-order valence-corrected chi connectivity index (χ3v) is 2.81. The van der Waals surface area contributed by atoms with Gasteiger partial charge in [0.05, 0.1) is 12.8 Å². The molecule has 0 bridgehead atoms. The van der Waals surface area contributed by atoms with Gasteiger partial charge in [-0.05, 0) is 6.92 Å². The Morgan fingerprint density at radius 1 is 1.64 bits per heavy atom. The predicted octanol–water partition coefficient (Wildman–Crippen LogP) is 1.51. The molecule has 0 spiro atoms. The minimum Gasteiger partial charge on any atom is -0.363 e. The fourth-order valence-electron chi connectivity index (χ4n) is 0.486. The molecule has 0 aromatic heterocycles. The van der Waals surface area contributed by atoms with Gasteiger partial charge >= 0.3 is 14.0 Å². The van der Waals surface area contributed by atoms with Crippen LogP contribution >= 0.6 is 7.60 Å². The van der Waals surface area contributed by atoms with Gasteiger partial charge in [0.1, 0.15) is 0 Å². The summed E-state index contributed by atoms with van der Waals surface area (Å²) < 4.78 is 20.7. The Morgan fingerprint density at radius 2 is 2.27 bits per heavy atom. The molecule has 0 amide bonds. The summed E-state index contributed by atoms with van der Waals surface area (Å²) in [6.45, 7) is 3.69. The lowest BCUT2D eigenvalue weighted by Gasteiger charge is -2.10. The molecule has 0 aliphatic rings. The Hall–Kier alpha value is -0.630. The summed E-state index contributed by atoms with van der Waals surface area (Å²) >= 11 is 0. The molecular formula is C5H11N2O3P. The van der Waals surface area contributed by atoms with Gasteiger partial charge in [-0.25, -0.2) is 4.57 Å². The maximum atomic E-state index is 11.3. The molecular weight excluding hydrogens is 167 g/mol. The minimum absolute atomic E-state index is 0.257. The van der Waals surface area contributed by atoms with E-state index in [0.29, 0.717) is 13.0 Å². The van der Waals surface area contributed by atoms with E-state index in [9.17, 15) is 4.57 Å². The van der Waals surface area contributed by atoms with E-state index in [-0.39, 0.29) is 6.16 Å². The van der Waals surface area contributed by atoms with Crippen LogP contribution in [0.15, 0.2) is 0 Å². The summed E-state index contributed by atoms with van der Waals surface area (Å²) in [4.78, 5) is 2.55. The molecule has 0 N–H and O–H groups in total. The molecule has 0 rings (SSSR count). The topological polar surface area (TPSA) is 71.9 Å². The van der Waals surface area contributed by atoms with Crippen LogP contribution in [0.2, 0.25) is 0 Å². The van der Waals surface area contributed by atoms with Gasteiger partial charge in [0.15, 0.2) is 0 Å². The van der Waals surface area contributed by atoms with Crippen molar-refractivity contribution in [2.45, 2.75) is 13.8 Å². The molecule has 64 valence electrons. The zero-order valence-corrected chi connectivity index (χ0v) is 7.45. The number of hydrogen-bond acceptors (Lipinski definition) is 3. The second-order valence-corrected chi connectivity index (χ2v) is 3.99. The first-order valence-electron chi connectivity index (χ1n) is 3.26. The second-order valence-electron chi connectivity index (χ2n) is 1.67. The van der Waals surface area contributed by atoms with E-state index in [1.807, 2.05) is 0 Å². The molecule has 1 unspecified atom stereocenters. The third-order valence-electron chi connectivity index (χ3n) is 0.968. The van der Waals surface area contributed by atoms with Crippen LogP contribution in [0.5, 0.6) is 0 Å². The average molecular weight is 178 g/mol. The fourth-order valence-corrected chi connectivity index (χ4v) is 1.46. The van der Waals surface area contributed by atoms with Crippen LogP contribution in [0.1, 0.15) is 13.8 Å². The van der Waals surface area contributed by atoms with Gasteiger partial charge in [-0.2, -0.15) is 0 Å². The summed E-state index contributed by atoms with van der Waals surface area (Å²) in [5.41, 5.74) is 7.96. The van der Waals surface area contributed by atoms with Gasteiger partial charge in [-0.1, -0.05) is 6.92 Å². The molecule has 6 heteroatoms. The highest BCUT2D eigenvalue weighted by atomic mass is 31.2. The summed E-state index contributed by atoms with van der Waals surface area (Å²) in [5, 5.41) is 0. The molecule has 0 heterocycles. The average Bonchev–Trinajstić information content (AvgIpc) is 2.02. The highest BCUT2D eigenvalue weighted by Gasteiger charge is 2.21. The third kappa shape index (κ3) is 3.94. The zero-order valence-electron chi connectivity index (χ0n) is 6.56. The largest absolute Gasteiger partial charge is 0.444 e. The molecule has 0 aromatic carbocycles. The van der Waals surface area contributed by atoms with Gasteiger partial charge in [0, 0.05) is 0 Å². The van der Waals surface area contributed by atoms with Gasteiger partial charge in [-0.3, -0.25) is 4.52 Å². The lowest BCUT2D eigenvalue weighted by atomic mass is 10.9. The summed E-state index contributed by atoms with van der Waals surface area (Å²) in [5.74, 6) is 0. The lowest BCUT2D eigenvalue weighted by molar-refractivity contribution is -0.0162. The van der Waals surface area contributed by atoms with E-state index in [0.717, 1.165) is 0 Å². The van der Waals surface area contributed by atoms with Crippen molar-refractivity contribution >= 4 is 14.0 Å². The lowest BCUT2D eigenvalue weighted by Crippen LogP contribution is -1.96. The van der Waals surface area contributed by atoms with Crippen LogP contribution in [-0.2, 0) is 13.6 Å². The van der Waals surface area contributed by atoms with E-state index in [4.69, 9.17) is 10.1 Å². The molecule has 11 heavy (non-hydrogen) atoms. The van der Waals surface area contributed by atoms with Crippen molar-refractivity contribution in [2.24, 2.45) is 0 Å². The van der Waals surface area contributed by atoms with Crippen molar-refractivity contribution in [2.75, 3.05) is 12.8 Å². The first-order chi connectivity index (χ1) is 5.18. The Kier molecular flexibility index (Phi) is 4.79. The molecule has 0 saturated carbocycles. The standard InChI is InChI=1S/C5H11N2O3P/c1-3-9-11(8,4-2)10-5-7-6/h5H,3-4H2,1-2H3. The Bertz CT molecular complexity index is 200. The van der Waals surface area contributed by atoms with E-state index < -0.39 is 7.60 Å². The zero-order chi connectivity index (χ0) is 8.74. The van der Waals surface area contributed by atoms with Crippen molar-refractivity contribution in [3.05, 3.63) is 5.53 Å². The quantitative estimate of drug-likeness (QED) is 0.210. The van der Waals surface area contributed by atoms with Crippen LogP contribution in [-0.4, -0.2) is 24.0 Å². The van der Waals surface area contributed by atoms with Gasteiger partial charge in [0.2, 0.25) is 0 Å². The molecule has 0 radical (unpaired) electrons. The highest BCUT2D eigenvalue weighted by molar-refractivity contribution is 7.54. The van der Waals surface area contributed by atoms with Gasteiger partial charge < -0.3 is 10.1 Å². The number of hydrogen-bond donors (Lipinski definition) is 0. The molecule has 5 nitrogen and oxygen atoms in total. The fraction of sp³-hybridized carbons (Fsp3) is 0.800. The van der Waals surface area contributed by atoms with Gasteiger partial charge in [0.25, 0.3) is 0 Å².